The monoisotopic (exact) mass is 184 g/mol. The van der Waals surface area contributed by atoms with E-state index in [4.69, 9.17) is 21.1 Å². The molecule has 0 unspecified atom stereocenters. The Labute approximate surface area is 75.9 Å². The van der Waals surface area contributed by atoms with Gasteiger partial charge in [0.05, 0.1) is 0 Å². The van der Waals surface area contributed by atoms with Crippen molar-refractivity contribution in [1.29, 1.82) is 0 Å². The number of nitrogens with zero attached hydrogens (tertiary/aromatic N) is 1. The predicted molar refractivity (Wildman–Crippen MR) is 48.0 cm³/mol. The first-order valence-corrected chi connectivity index (χ1v) is 3.74. The van der Waals surface area contributed by atoms with Crippen LogP contribution in [0.1, 0.15) is 5.56 Å². The van der Waals surface area contributed by atoms with Crippen LogP contribution in [0.3, 0.4) is 0 Å². The first-order valence-electron chi connectivity index (χ1n) is 3.74. The van der Waals surface area contributed by atoms with Gasteiger partial charge >= 0.3 is 0 Å². The Bertz CT molecular complexity index is 234. The molecule has 0 radical (unpaired) electrons. The smallest absolute Gasteiger partial charge is 0.291 e. The summed E-state index contributed by atoms with van der Waals surface area (Å²) in [5, 5.41) is 13.6. The summed E-state index contributed by atoms with van der Waals surface area (Å²) < 4.78 is 0. The number of benzene rings is 1. The highest BCUT2D eigenvalue weighted by atomic mass is 16.9. The van der Waals surface area contributed by atoms with E-state index in [1.165, 1.54) is 5.56 Å². The maximum Gasteiger partial charge on any atom is 0.291 e. The Morgan fingerprint density at radius 3 is 2.23 bits per heavy atom. The Morgan fingerprint density at radius 2 is 1.85 bits per heavy atom. The molecule has 3 N–H and O–H groups in total. The van der Waals surface area contributed by atoms with E-state index in [2.05, 4.69) is 12.1 Å². The lowest BCUT2D eigenvalue weighted by Crippen LogP contribution is -2.01. The average Bonchev–Trinajstić information content (AvgIpc) is 2.06. The van der Waals surface area contributed by atoms with Gasteiger partial charge in [0.25, 0.3) is 5.09 Å². The van der Waals surface area contributed by atoms with Crippen LogP contribution >= 0.6 is 0 Å². The lowest BCUT2D eigenvalue weighted by Gasteiger charge is -1.93. The normalized spacial score (nSPS) is 8.38. The van der Waals surface area contributed by atoms with Crippen LogP contribution in [0.25, 0.3) is 0 Å². The molecule has 0 amide bonds. The molecule has 0 fully saturated rings. The molecule has 0 aliphatic rings. The van der Waals surface area contributed by atoms with Gasteiger partial charge in [-0.3, -0.25) is 0 Å². The maximum absolute atomic E-state index is 8.36. The topological polar surface area (TPSA) is 89.4 Å². The molecular formula is C8H12N2O3. The van der Waals surface area contributed by atoms with E-state index in [0.29, 0.717) is 0 Å². The SMILES string of the molecule is NCCc1ccccc1.O=[N+]([O-])O. The van der Waals surface area contributed by atoms with E-state index < -0.39 is 5.09 Å². The largest absolute Gasteiger partial charge is 0.330 e. The van der Waals surface area contributed by atoms with Crippen LogP contribution in [0.4, 0.5) is 0 Å². The van der Waals surface area contributed by atoms with Crippen molar-refractivity contribution < 1.29 is 10.3 Å². The molecule has 0 aromatic heterocycles. The zero-order valence-electron chi connectivity index (χ0n) is 7.09. The highest BCUT2D eigenvalue weighted by Gasteiger charge is 1.84. The second kappa shape index (κ2) is 7.05. The molecule has 1 rings (SSSR count). The van der Waals surface area contributed by atoms with Crippen molar-refractivity contribution in [3.8, 4) is 0 Å². The molecule has 5 heteroatoms. The second-order valence-electron chi connectivity index (χ2n) is 2.26. The van der Waals surface area contributed by atoms with Gasteiger partial charge in [0.2, 0.25) is 0 Å². The summed E-state index contributed by atoms with van der Waals surface area (Å²) in [5.41, 5.74) is 6.68. The third kappa shape index (κ3) is 8.28. The van der Waals surface area contributed by atoms with Crippen molar-refractivity contribution in [2.24, 2.45) is 5.73 Å². The molecule has 0 atom stereocenters. The van der Waals surface area contributed by atoms with Gasteiger partial charge < -0.3 is 10.9 Å². The third-order valence-electron chi connectivity index (χ3n) is 1.28. The first kappa shape index (κ1) is 11.4. The van der Waals surface area contributed by atoms with Crippen molar-refractivity contribution in [3.63, 3.8) is 0 Å². The lowest BCUT2D eigenvalue weighted by molar-refractivity contribution is -0.742. The van der Waals surface area contributed by atoms with Gasteiger partial charge in [-0.2, -0.15) is 0 Å². The first-order chi connectivity index (χ1) is 6.16. The fourth-order valence-electron chi connectivity index (χ4n) is 0.811. The minimum Gasteiger partial charge on any atom is -0.330 e. The van der Waals surface area contributed by atoms with E-state index in [0.717, 1.165) is 13.0 Å². The third-order valence-corrected chi connectivity index (χ3v) is 1.28. The summed E-state index contributed by atoms with van der Waals surface area (Å²) >= 11 is 0. The molecule has 0 bridgehead atoms. The molecular weight excluding hydrogens is 172 g/mol. The zero-order chi connectivity index (χ0) is 10.1. The number of hydrogen-bond donors (Lipinski definition) is 2. The molecule has 0 saturated heterocycles. The van der Waals surface area contributed by atoms with Crippen molar-refractivity contribution >= 4 is 0 Å². The molecule has 1 aromatic carbocycles. The molecule has 0 aliphatic heterocycles. The van der Waals surface area contributed by atoms with Crippen molar-refractivity contribution in [2.75, 3.05) is 6.54 Å². The molecule has 0 spiro atoms. The van der Waals surface area contributed by atoms with E-state index in [9.17, 15) is 0 Å². The second-order valence-corrected chi connectivity index (χ2v) is 2.26. The number of hydrogen-bond acceptors (Lipinski definition) is 3. The average molecular weight is 184 g/mol. The van der Waals surface area contributed by atoms with Gasteiger partial charge in [-0.15, -0.1) is 10.1 Å². The molecule has 13 heavy (non-hydrogen) atoms. The van der Waals surface area contributed by atoms with Crippen LogP contribution in [0, 0.1) is 10.1 Å². The molecule has 0 aliphatic carbocycles. The van der Waals surface area contributed by atoms with Crippen LogP contribution < -0.4 is 5.73 Å². The van der Waals surface area contributed by atoms with E-state index >= 15 is 0 Å². The van der Waals surface area contributed by atoms with E-state index in [1.807, 2.05) is 18.2 Å². The van der Waals surface area contributed by atoms with Crippen molar-refractivity contribution in [1.82, 2.24) is 0 Å². The van der Waals surface area contributed by atoms with Crippen molar-refractivity contribution in [2.45, 2.75) is 6.42 Å². The standard InChI is InChI=1S/C8H11N.HNO3/c9-7-6-8-4-2-1-3-5-8;2-1(3)4/h1-5H,6-7,9H2;(H,2,3,4). The number of nitrogens with two attached hydrogens (primary N) is 1. The van der Waals surface area contributed by atoms with Gasteiger partial charge in [-0.05, 0) is 18.5 Å². The molecule has 0 saturated carbocycles. The molecule has 0 heterocycles. The highest BCUT2D eigenvalue weighted by molar-refractivity contribution is 5.14. The van der Waals surface area contributed by atoms with Crippen LogP contribution in [0.5, 0.6) is 0 Å². The lowest BCUT2D eigenvalue weighted by atomic mass is 10.2. The van der Waals surface area contributed by atoms with Crippen LogP contribution in [-0.2, 0) is 6.42 Å². The fraction of sp³-hybridized carbons (Fsp3) is 0.250. The predicted octanol–water partition coefficient (Wildman–Crippen LogP) is 0.840. The van der Waals surface area contributed by atoms with Gasteiger partial charge in [0.15, 0.2) is 0 Å². The minimum atomic E-state index is -1.50. The highest BCUT2D eigenvalue weighted by Crippen LogP contribution is 1.96. The summed E-state index contributed by atoms with van der Waals surface area (Å²) in [4.78, 5) is 8.36. The van der Waals surface area contributed by atoms with Gasteiger partial charge in [0.1, 0.15) is 0 Å². The number of rotatable bonds is 2. The van der Waals surface area contributed by atoms with Crippen LogP contribution in [0.15, 0.2) is 30.3 Å². The molecule has 72 valence electrons. The Kier molecular flexibility index (Phi) is 6.17. The quantitative estimate of drug-likeness (QED) is 0.526. The van der Waals surface area contributed by atoms with Crippen molar-refractivity contribution in [3.05, 3.63) is 46.0 Å². The van der Waals surface area contributed by atoms with E-state index in [-0.39, 0.29) is 0 Å². The summed E-state index contributed by atoms with van der Waals surface area (Å²) in [6, 6.07) is 10.3. The van der Waals surface area contributed by atoms with Crippen LogP contribution in [-0.4, -0.2) is 16.8 Å². The zero-order valence-corrected chi connectivity index (χ0v) is 7.09. The Balaban J connectivity index is 0.000000310. The molecule has 5 nitrogen and oxygen atoms in total. The van der Waals surface area contributed by atoms with Gasteiger partial charge in [-0.1, -0.05) is 30.3 Å². The van der Waals surface area contributed by atoms with E-state index in [1.54, 1.807) is 0 Å². The van der Waals surface area contributed by atoms with Gasteiger partial charge in [0, 0.05) is 0 Å². The van der Waals surface area contributed by atoms with Crippen LogP contribution in [0.2, 0.25) is 0 Å². The summed E-state index contributed by atoms with van der Waals surface area (Å²) in [7, 11) is 0. The summed E-state index contributed by atoms with van der Waals surface area (Å²) in [6.07, 6.45) is 0.987. The Morgan fingerprint density at radius 1 is 1.38 bits per heavy atom. The minimum absolute atomic E-state index is 0.740. The maximum atomic E-state index is 8.36. The summed E-state index contributed by atoms with van der Waals surface area (Å²) in [6.45, 7) is 0.740. The fourth-order valence-corrected chi connectivity index (χ4v) is 0.811. The Hall–Kier alpha value is -1.62. The van der Waals surface area contributed by atoms with Gasteiger partial charge in [-0.25, -0.2) is 0 Å². The summed E-state index contributed by atoms with van der Waals surface area (Å²) in [5.74, 6) is 0. The molecule has 1 aromatic rings.